The molecular weight excluding hydrogens is 226 g/mol. The molecule has 1 saturated heterocycles. The molecule has 1 atom stereocenters. The van der Waals surface area contributed by atoms with Gasteiger partial charge in [-0.25, -0.2) is 0 Å². The van der Waals surface area contributed by atoms with E-state index >= 15 is 0 Å². The van der Waals surface area contributed by atoms with Crippen LogP contribution >= 0.6 is 0 Å². The zero-order valence-electron chi connectivity index (χ0n) is 11.3. The fraction of sp³-hybridized carbons (Fsp3) is 0.643. The maximum absolute atomic E-state index is 5.97. The van der Waals surface area contributed by atoms with Crippen molar-refractivity contribution in [3.05, 3.63) is 24.0 Å². The molecule has 0 radical (unpaired) electrons. The molecule has 1 aliphatic heterocycles. The van der Waals surface area contributed by atoms with E-state index in [1.165, 1.54) is 0 Å². The number of hydrogen-bond acceptors (Lipinski definition) is 4. The fourth-order valence-electron chi connectivity index (χ4n) is 2.32. The Bertz CT molecular complexity index is 360. The van der Waals surface area contributed by atoms with Crippen molar-refractivity contribution in [3.8, 4) is 0 Å². The predicted molar refractivity (Wildman–Crippen MR) is 73.7 cm³/mol. The lowest BCUT2D eigenvalue weighted by Crippen LogP contribution is -2.36. The molecule has 2 rings (SSSR count). The Morgan fingerprint density at radius 3 is 2.72 bits per heavy atom. The third kappa shape index (κ3) is 3.00. The van der Waals surface area contributed by atoms with Gasteiger partial charge in [-0.2, -0.15) is 0 Å². The number of pyridine rings is 1. The van der Waals surface area contributed by atoms with Gasteiger partial charge in [-0.15, -0.1) is 0 Å². The molecule has 1 aromatic rings. The quantitative estimate of drug-likeness (QED) is 0.888. The molecule has 0 aromatic carbocycles. The van der Waals surface area contributed by atoms with Crippen LogP contribution in [0.5, 0.6) is 0 Å². The van der Waals surface area contributed by atoms with Crippen LogP contribution in [-0.4, -0.2) is 31.3 Å². The van der Waals surface area contributed by atoms with Gasteiger partial charge >= 0.3 is 0 Å². The van der Waals surface area contributed by atoms with Crippen molar-refractivity contribution in [2.24, 2.45) is 5.73 Å². The van der Waals surface area contributed by atoms with Crippen LogP contribution in [-0.2, 0) is 4.74 Å². The van der Waals surface area contributed by atoms with Gasteiger partial charge in [0.05, 0.1) is 17.6 Å². The van der Waals surface area contributed by atoms with Crippen LogP contribution in [0.3, 0.4) is 0 Å². The largest absolute Gasteiger partial charge is 0.381 e. The zero-order valence-corrected chi connectivity index (χ0v) is 11.3. The number of ether oxygens (including phenoxy) is 1. The molecule has 1 aromatic heterocycles. The summed E-state index contributed by atoms with van der Waals surface area (Å²) in [6.45, 7) is 3.80. The Kier molecular flexibility index (Phi) is 4.55. The third-order valence-electron chi connectivity index (χ3n) is 3.74. The summed E-state index contributed by atoms with van der Waals surface area (Å²) in [4.78, 5) is 6.77. The summed E-state index contributed by atoms with van der Waals surface area (Å²) < 4.78 is 5.39. The van der Waals surface area contributed by atoms with Crippen molar-refractivity contribution in [2.75, 3.05) is 25.2 Å². The standard InChI is InChI=1S/C14H23N3O/c1-3-13(15)14-5-4-12(10-16-14)17(2)11-6-8-18-9-7-11/h4-5,10-11,13H,3,6-9,15H2,1-2H3. The SMILES string of the molecule is CCC(N)c1ccc(N(C)C2CCOCC2)cn1. The van der Waals surface area contributed by atoms with E-state index in [9.17, 15) is 0 Å². The summed E-state index contributed by atoms with van der Waals surface area (Å²) in [7, 11) is 2.13. The molecule has 4 heteroatoms. The molecule has 100 valence electrons. The number of nitrogens with two attached hydrogens (primary N) is 1. The molecule has 1 fully saturated rings. The van der Waals surface area contributed by atoms with Gasteiger partial charge < -0.3 is 15.4 Å². The summed E-state index contributed by atoms with van der Waals surface area (Å²) in [5.74, 6) is 0. The Labute approximate surface area is 109 Å². The molecule has 1 unspecified atom stereocenters. The van der Waals surface area contributed by atoms with Crippen molar-refractivity contribution in [3.63, 3.8) is 0 Å². The highest BCUT2D eigenvalue weighted by atomic mass is 16.5. The summed E-state index contributed by atoms with van der Waals surface area (Å²) in [6.07, 6.45) is 5.03. The van der Waals surface area contributed by atoms with Gasteiger partial charge in [0.2, 0.25) is 0 Å². The van der Waals surface area contributed by atoms with Crippen LogP contribution in [0.25, 0.3) is 0 Å². The molecule has 0 aliphatic carbocycles. The van der Waals surface area contributed by atoms with E-state index in [1.807, 2.05) is 12.3 Å². The molecule has 0 amide bonds. The first kappa shape index (κ1) is 13.3. The van der Waals surface area contributed by atoms with Crippen molar-refractivity contribution < 1.29 is 4.74 Å². The smallest absolute Gasteiger partial charge is 0.0572 e. The van der Waals surface area contributed by atoms with Crippen molar-refractivity contribution in [2.45, 2.75) is 38.3 Å². The van der Waals surface area contributed by atoms with Crippen LogP contribution in [0.1, 0.15) is 37.9 Å². The van der Waals surface area contributed by atoms with E-state index in [2.05, 4.69) is 29.9 Å². The van der Waals surface area contributed by atoms with Crippen molar-refractivity contribution in [1.82, 2.24) is 4.98 Å². The van der Waals surface area contributed by atoms with Crippen LogP contribution in [0.2, 0.25) is 0 Å². The van der Waals surface area contributed by atoms with E-state index < -0.39 is 0 Å². The first-order valence-electron chi connectivity index (χ1n) is 6.74. The summed E-state index contributed by atoms with van der Waals surface area (Å²) in [6, 6.07) is 4.77. The summed E-state index contributed by atoms with van der Waals surface area (Å²) in [5.41, 5.74) is 8.11. The number of aromatic nitrogens is 1. The monoisotopic (exact) mass is 249 g/mol. The van der Waals surface area contributed by atoms with Crippen LogP contribution in [0.4, 0.5) is 5.69 Å². The molecule has 4 nitrogen and oxygen atoms in total. The highest BCUT2D eigenvalue weighted by Gasteiger charge is 2.19. The molecule has 0 bridgehead atoms. The molecular formula is C14H23N3O. The number of nitrogens with zero attached hydrogens (tertiary/aromatic N) is 2. The molecule has 0 saturated carbocycles. The second-order valence-corrected chi connectivity index (χ2v) is 4.91. The first-order chi connectivity index (χ1) is 8.72. The Hall–Kier alpha value is -1.13. The Balaban J connectivity index is 2.03. The van der Waals surface area contributed by atoms with E-state index in [1.54, 1.807) is 0 Å². The highest BCUT2D eigenvalue weighted by Crippen LogP contribution is 2.21. The maximum Gasteiger partial charge on any atom is 0.0572 e. The van der Waals surface area contributed by atoms with Crippen LogP contribution in [0.15, 0.2) is 18.3 Å². The summed E-state index contributed by atoms with van der Waals surface area (Å²) in [5, 5.41) is 0. The van der Waals surface area contributed by atoms with Gasteiger partial charge in [-0.1, -0.05) is 6.92 Å². The number of hydrogen-bond donors (Lipinski definition) is 1. The zero-order chi connectivity index (χ0) is 13.0. The normalized spacial score (nSPS) is 18.6. The van der Waals surface area contributed by atoms with E-state index in [0.29, 0.717) is 6.04 Å². The minimum Gasteiger partial charge on any atom is -0.381 e. The Morgan fingerprint density at radius 2 is 2.17 bits per heavy atom. The van der Waals surface area contributed by atoms with Crippen LogP contribution < -0.4 is 10.6 Å². The third-order valence-corrected chi connectivity index (χ3v) is 3.74. The van der Waals surface area contributed by atoms with E-state index in [4.69, 9.17) is 10.5 Å². The lowest BCUT2D eigenvalue weighted by atomic mass is 10.1. The minimum absolute atomic E-state index is 0.0486. The van der Waals surface area contributed by atoms with Gasteiger partial charge in [0.15, 0.2) is 0 Å². The lowest BCUT2D eigenvalue weighted by Gasteiger charge is -2.32. The topological polar surface area (TPSA) is 51.4 Å². The highest BCUT2D eigenvalue weighted by molar-refractivity contribution is 5.45. The minimum atomic E-state index is 0.0486. The van der Waals surface area contributed by atoms with Gasteiger partial charge in [-0.3, -0.25) is 4.98 Å². The molecule has 18 heavy (non-hydrogen) atoms. The molecule has 0 spiro atoms. The molecule has 1 aliphatic rings. The maximum atomic E-state index is 5.97. The van der Waals surface area contributed by atoms with Gasteiger partial charge in [-0.05, 0) is 31.4 Å². The number of rotatable bonds is 4. The van der Waals surface area contributed by atoms with Gasteiger partial charge in [0, 0.05) is 32.3 Å². The van der Waals surface area contributed by atoms with E-state index in [-0.39, 0.29) is 6.04 Å². The second kappa shape index (κ2) is 6.16. The average Bonchev–Trinajstić information content (AvgIpc) is 2.47. The van der Waals surface area contributed by atoms with Gasteiger partial charge in [0.1, 0.15) is 0 Å². The molecule has 2 N–H and O–H groups in total. The van der Waals surface area contributed by atoms with Crippen molar-refractivity contribution >= 4 is 5.69 Å². The lowest BCUT2D eigenvalue weighted by molar-refractivity contribution is 0.0855. The number of anilines is 1. The van der Waals surface area contributed by atoms with Gasteiger partial charge in [0.25, 0.3) is 0 Å². The molecule has 2 heterocycles. The fourth-order valence-corrected chi connectivity index (χ4v) is 2.32. The van der Waals surface area contributed by atoms with Crippen LogP contribution in [0, 0.1) is 0 Å². The Morgan fingerprint density at radius 1 is 1.44 bits per heavy atom. The summed E-state index contributed by atoms with van der Waals surface area (Å²) >= 11 is 0. The average molecular weight is 249 g/mol. The van der Waals surface area contributed by atoms with Crippen molar-refractivity contribution in [1.29, 1.82) is 0 Å². The first-order valence-corrected chi connectivity index (χ1v) is 6.74. The predicted octanol–water partition coefficient (Wildman–Crippen LogP) is 2.11. The second-order valence-electron chi connectivity index (χ2n) is 4.91. The van der Waals surface area contributed by atoms with E-state index in [0.717, 1.165) is 43.9 Å².